The summed E-state index contributed by atoms with van der Waals surface area (Å²) >= 11 is 0. The Morgan fingerprint density at radius 1 is 1.90 bits per heavy atom. The Labute approximate surface area is 59.8 Å². The molecule has 0 spiro atoms. The normalized spacial score (nSPS) is 11.4. The van der Waals surface area contributed by atoms with Crippen LogP contribution in [0.2, 0.25) is 0 Å². The van der Waals surface area contributed by atoms with Crippen molar-refractivity contribution in [2.45, 2.75) is 19.4 Å². The largest absolute Gasteiger partial charge is 0.480 e. The maximum atomic E-state index is 10.1. The fourth-order valence-electron chi connectivity index (χ4n) is 0.414. The zero-order valence-corrected chi connectivity index (χ0v) is 5.87. The molecule has 0 rings (SSSR count). The number of carboxylic acid groups (broad SMARTS) is 1. The lowest BCUT2D eigenvalue weighted by Gasteiger charge is -1.98. The second-order valence-electron chi connectivity index (χ2n) is 1.84. The highest BCUT2D eigenvalue weighted by molar-refractivity contribution is 5.73. The van der Waals surface area contributed by atoms with Gasteiger partial charge in [0.2, 0.25) is 0 Å². The summed E-state index contributed by atoms with van der Waals surface area (Å²) in [7, 11) is 0. The van der Waals surface area contributed by atoms with Gasteiger partial charge in [-0.2, -0.15) is 0 Å². The van der Waals surface area contributed by atoms with Crippen LogP contribution in [0.1, 0.15) is 13.3 Å². The zero-order chi connectivity index (χ0) is 7.98. The van der Waals surface area contributed by atoms with E-state index < -0.39 is 12.0 Å². The first kappa shape index (κ1) is 8.95. The van der Waals surface area contributed by atoms with Crippen LogP contribution in [0.3, 0.4) is 0 Å². The molecule has 0 bridgehead atoms. The molecule has 0 aliphatic heterocycles. The number of carbonyl (C=O) groups is 1. The predicted molar refractivity (Wildman–Crippen MR) is 38.6 cm³/mol. The Balaban J connectivity index is 3.70. The molecule has 0 aliphatic carbocycles. The summed E-state index contributed by atoms with van der Waals surface area (Å²) in [6.07, 6.45) is 3.65. The van der Waals surface area contributed by atoms with E-state index in [1.807, 2.05) is 6.92 Å². The van der Waals surface area contributed by atoms with Crippen LogP contribution in [0.4, 0.5) is 0 Å². The molecule has 10 heavy (non-hydrogen) atoms. The molecular weight excluding hydrogens is 130 g/mol. The molecule has 0 aliphatic rings. The monoisotopic (exact) mass is 141 g/mol. The van der Waals surface area contributed by atoms with Crippen molar-refractivity contribution in [3.05, 3.63) is 17.9 Å². The van der Waals surface area contributed by atoms with Gasteiger partial charge < -0.3 is 10.8 Å². The van der Waals surface area contributed by atoms with Crippen LogP contribution >= 0.6 is 0 Å². The van der Waals surface area contributed by atoms with Crippen LogP contribution in [0.15, 0.2) is 17.9 Å². The lowest BCUT2D eigenvalue weighted by Crippen LogP contribution is -2.28. The maximum absolute atomic E-state index is 10.1. The van der Waals surface area contributed by atoms with Gasteiger partial charge in [0.15, 0.2) is 0 Å². The van der Waals surface area contributed by atoms with Crippen molar-refractivity contribution in [3.8, 4) is 0 Å². The molecular formula is C7H11NO2. The molecule has 1 atom stereocenters. The van der Waals surface area contributed by atoms with Crippen molar-refractivity contribution < 1.29 is 9.90 Å². The topological polar surface area (TPSA) is 63.3 Å². The van der Waals surface area contributed by atoms with Gasteiger partial charge in [0.05, 0.1) is 0 Å². The fraction of sp³-hybridized carbons (Fsp3) is 0.429. The van der Waals surface area contributed by atoms with Crippen LogP contribution in [0.5, 0.6) is 0 Å². The summed E-state index contributed by atoms with van der Waals surface area (Å²) in [4.78, 5) is 10.1. The third kappa shape index (κ3) is 3.89. The molecule has 3 nitrogen and oxygen atoms in total. The smallest absolute Gasteiger partial charge is 0.320 e. The minimum Gasteiger partial charge on any atom is -0.480 e. The van der Waals surface area contributed by atoms with Crippen molar-refractivity contribution in [2.75, 3.05) is 0 Å². The number of nitrogens with two attached hydrogens (primary N) is 1. The summed E-state index contributed by atoms with van der Waals surface area (Å²) in [5, 5.41) is 8.30. The molecule has 0 aromatic heterocycles. The number of hydrogen-bond acceptors (Lipinski definition) is 2. The molecule has 56 valence electrons. The predicted octanol–water partition coefficient (Wildman–Crippen LogP) is 0.520. The first-order valence-corrected chi connectivity index (χ1v) is 3.02. The van der Waals surface area contributed by atoms with E-state index in [1.165, 1.54) is 0 Å². The van der Waals surface area contributed by atoms with Gasteiger partial charge in [-0.05, 0) is 25.5 Å². The highest BCUT2D eigenvalue weighted by atomic mass is 16.4. The van der Waals surface area contributed by atoms with Crippen molar-refractivity contribution >= 4 is 5.97 Å². The van der Waals surface area contributed by atoms with Crippen molar-refractivity contribution in [3.63, 3.8) is 0 Å². The van der Waals surface area contributed by atoms with Crippen LogP contribution in [-0.4, -0.2) is 17.1 Å². The third-order valence-electron chi connectivity index (χ3n) is 0.974. The Hall–Kier alpha value is -1.05. The van der Waals surface area contributed by atoms with Crippen LogP contribution in [-0.2, 0) is 4.79 Å². The molecule has 0 heterocycles. The van der Waals surface area contributed by atoms with Gasteiger partial charge >= 0.3 is 5.97 Å². The van der Waals surface area contributed by atoms with Gasteiger partial charge in [0.1, 0.15) is 6.04 Å². The van der Waals surface area contributed by atoms with E-state index in [4.69, 9.17) is 10.8 Å². The maximum Gasteiger partial charge on any atom is 0.320 e. The number of hydrogen-bond donors (Lipinski definition) is 2. The van der Waals surface area contributed by atoms with Crippen molar-refractivity contribution in [1.82, 2.24) is 0 Å². The van der Waals surface area contributed by atoms with Crippen molar-refractivity contribution in [2.24, 2.45) is 5.73 Å². The standard InChI is InChI=1S/C7H11NO2/c1-2-3-4-5-6(8)7(9)10/h2,4,6H,5,8H2,1H3,(H,9,10). The quantitative estimate of drug-likeness (QED) is 0.563. The highest BCUT2D eigenvalue weighted by Crippen LogP contribution is 1.87. The third-order valence-corrected chi connectivity index (χ3v) is 0.974. The summed E-state index contributed by atoms with van der Waals surface area (Å²) < 4.78 is 0. The minimum absolute atomic E-state index is 0.333. The lowest BCUT2D eigenvalue weighted by molar-refractivity contribution is -0.138. The van der Waals surface area contributed by atoms with E-state index in [2.05, 4.69) is 5.73 Å². The molecule has 0 amide bonds. The molecule has 0 radical (unpaired) electrons. The molecule has 3 N–H and O–H groups in total. The summed E-state index contributed by atoms with van der Waals surface area (Å²) in [5.41, 5.74) is 7.91. The Bertz CT molecular complexity index is 168. The molecule has 3 heteroatoms. The molecule has 0 saturated heterocycles. The molecule has 0 aromatic rings. The number of carboxylic acids is 1. The summed E-state index contributed by atoms with van der Waals surface area (Å²) in [6, 6.07) is -0.799. The second-order valence-corrected chi connectivity index (χ2v) is 1.84. The zero-order valence-electron chi connectivity index (χ0n) is 5.87. The number of rotatable bonds is 3. The van der Waals surface area contributed by atoms with Crippen molar-refractivity contribution in [1.29, 1.82) is 0 Å². The van der Waals surface area contributed by atoms with E-state index in [0.29, 0.717) is 6.42 Å². The van der Waals surface area contributed by atoms with E-state index in [9.17, 15) is 4.79 Å². The summed E-state index contributed by atoms with van der Waals surface area (Å²) in [6.45, 7) is 1.81. The lowest BCUT2D eigenvalue weighted by atomic mass is 10.2. The minimum atomic E-state index is -0.978. The first-order valence-electron chi connectivity index (χ1n) is 3.02. The molecule has 0 aromatic carbocycles. The van der Waals surface area contributed by atoms with Crippen LogP contribution in [0, 0.1) is 0 Å². The first-order chi connectivity index (χ1) is 4.68. The van der Waals surface area contributed by atoms with Gasteiger partial charge in [0.25, 0.3) is 0 Å². The van der Waals surface area contributed by atoms with Gasteiger partial charge in [-0.3, -0.25) is 4.79 Å². The summed E-state index contributed by atoms with van der Waals surface area (Å²) in [5.74, 6) is -0.978. The fourth-order valence-corrected chi connectivity index (χ4v) is 0.414. The van der Waals surface area contributed by atoms with E-state index in [1.54, 1.807) is 12.2 Å². The molecule has 0 saturated carbocycles. The van der Waals surface area contributed by atoms with Gasteiger partial charge in [0, 0.05) is 0 Å². The average molecular weight is 141 g/mol. The van der Waals surface area contributed by atoms with Crippen LogP contribution < -0.4 is 5.73 Å². The van der Waals surface area contributed by atoms with Crippen LogP contribution in [0.25, 0.3) is 0 Å². The van der Waals surface area contributed by atoms with Gasteiger partial charge in [-0.25, -0.2) is 0 Å². The van der Waals surface area contributed by atoms with E-state index in [0.717, 1.165) is 0 Å². The molecule has 0 fully saturated rings. The Kier molecular flexibility index (Phi) is 4.29. The van der Waals surface area contributed by atoms with Gasteiger partial charge in [-0.15, -0.1) is 5.73 Å². The Morgan fingerprint density at radius 3 is 2.90 bits per heavy atom. The molecule has 1 unspecified atom stereocenters. The second kappa shape index (κ2) is 4.79. The highest BCUT2D eigenvalue weighted by Gasteiger charge is 2.07. The Morgan fingerprint density at radius 2 is 2.50 bits per heavy atom. The SMILES string of the molecule is CC=C=CCC(N)C(=O)O. The van der Waals surface area contributed by atoms with Gasteiger partial charge in [-0.1, -0.05) is 0 Å². The average Bonchev–Trinajstić information content (AvgIpc) is 1.88. The van der Waals surface area contributed by atoms with E-state index in [-0.39, 0.29) is 0 Å². The van der Waals surface area contributed by atoms with E-state index >= 15 is 0 Å². The number of aliphatic carboxylic acids is 1.